The Morgan fingerprint density at radius 1 is 1.04 bits per heavy atom. The van der Waals surface area contributed by atoms with Crippen molar-refractivity contribution in [2.45, 2.75) is 27.2 Å². The van der Waals surface area contributed by atoms with E-state index in [1.54, 1.807) is 29.2 Å². The standard InChI is InChI=1S/C21H23N3O2/c1-4-23(19-9-5-7-16(2)13-19)21(26)11-12-24(17(3)25)20-10-6-8-18(14-20)15-22/h5-10,13-14H,4,11-12H2,1-3H3. The summed E-state index contributed by atoms with van der Waals surface area (Å²) in [6.07, 6.45) is 0.206. The van der Waals surface area contributed by atoms with Crippen molar-refractivity contribution in [1.82, 2.24) is 0 Å². The third-order valence-electron chi connectivity index (χ3n) is 4.15. The fourth-order valence-corrected chi connectivity index (χ4v) is 2.85. The first-order valence-corrected chi connectivity index (χ1v) is 8.61. The van der Waals surface area contributed by atoms with Gasteiger partial charge in [-0.1, -0.05) is 18.2 Å². The van der Waals surface area contributed by atoms with Crippen molar-refractivity contribution in [2.75, 3.05) is 22.9 Å². The molecule has 2 rings (SSSR count). The maximum Gasteiger partial charge on any atom is 0.228 e. The van der Waals surface area contributed by atoms with Gasteiger partial charge in [-0.25, -0.2) is 0 Å². The molecule has 26 heavy (non-hydrogen) atoms. The van der Waals surface area contributed by atoms with Gasteiger partial charge < -0.3 is 9.80 Å². The van der Waals surface area contributed by atoms with Crippen LogP contribution in [0.15, 0.2) is 48.5 Å². The van der Waals surface area contributed by atoms with E-state index in [0.29, 0.717) is 17.8 Å². The molecule has 0 unspecified atom stereocenters. The van der Waals surface area contributed by atoms with Gasteiger partial charge in [-0.15, -0.1) is 0 Å². The number of aryl methyl sites for hydroxylation is 1. The summed E-state index contributed by atoms with van der Waals surface area (Å²) in [5, 5.41) is 9.04. The van der Waals surface area contributed by atoms with Gasteiger partial charge in [0.25, 0.3) is 0 Å². The van der Waals surface area contributed by atoms with Gasteiger partial charge in [-0.3, -0.25) is 9.59 Å². The Labute approximate surface area is 154 Å². The number of nitriles is 1. The van der Waals surface area contributed by atoms with Gasteiger partial charge in [0.2, 0.25) is 11.8 Å². The third-order valence-corrected chi connectivity index (χ3v) is 4.15. The first-order valence-electron chi connectivity index (χ1n) is 8.61. The molecule has 134 valence electrons. The highest BCUT2D eigenvalue weighted by Gasteiger charge is 2.18. The first kappa shape index (κ1) is 19.2. The minimum Gasteiger partial charge on any atom is -0.313 e. The molecule has 0 aliphatic carbocycles. The minimum atomic E-state index is -0.161. The number of amides is 2. The molecule has 0 fully saturated rings. The van der Waals surface area contributed by atoms with Gasteiger partial charge in [-0.05, 0) is 49.7 Å². The molecule has 0 bridgehead atoms. The molecule has 0 heterocycles. The SMILES string of the molecule is CCN(C(=O)CCN(C(C)=O)c1cccc(C#N)c1)c1cccc(C)c1. The summed E-state index contributed by atoms with van der Waals surface area (Å²) in [5.41, 5.74) is 3.06. The van der Waals surface area contributed by atoms with E-state index in [1.807, 2.05) is 38.1 Å². The summed E-state index contributed by atoms with van der Waals surface area (Å²) in [5.74, 6) is -0.202. The Morgan fingerprint density at radius 2 is 1.69 bits per heavy atom. The minimum absolute atomic E-state index is 0.0409. The zero-order chi connectivity index (χ0) is 19.1. The fourth-order valence-electron chi connectivity index (χ4n) is 2.85. The van der Waals surface area contributed by atoms with Crippen LogP contribution in [-0.4, -0.2) is 24.9 Å². The van der Waals surface area contributed by atoms with E-state index >= 15 is 0 Å². The fraction of sp³-hybridized carbons (Fsp3) is 0.286. The van der Waals surface area contributed by atoms with Gasteiger partial charge in [0, 0.05) is 37.8 Å². The van der Waals surface area contributed by atoms with Crippen LogP contribution in [0.3, 0.4) is 0 Å². The molecular formula is C21H23N3O2. The molecular weight excluding hydrogens is 326 g/mol. The molecule has 0 aliphatic heterocycles. The van der Waals surface area contributed by atoms with Gasteiger partial charge in [0.15, 0.2) is 0 Å². The summed E-state index contributed by atoms with van der Waals surface area (Å²) in [4.78, 5) is 28.0. The van der Waals surface area contributed by atoms with E-state index in [4.69, 9.17) is 5.26 Å². The Morgan fingerprint density at radius 3 is 2.27 bits per heavy atom. The number of nitrogens with zero attached hydrogens (tertiary/aromatic N) is 3. The Bertz CT molecular complexity index is 839. The van der Waals surface area contributed by atoms with Crippen LogP contribution < -0.4 is 9.80 Å². The normalized spacial score (nSPS) is 10.1. The number of hydrogen-bond donors (Lipinski definition) is 0. The second-order valence-electron chi connectivity index (χ2n) is 6.06. The largest absolute Gasteiger partial charge is 0.313 e. The Hall–Kier alpha value is -3.13. The van der Waals surface area contributed by atoms with Crippen LogP contribution in [0.1, 0.15) is 31.4 Å². The van der Waals surface area contributed by atoms with Crippen LogP contribution in [0.4, 0.5) is 11.4 Å². The maximum atomic E-state index is 12.7. The lowest BCUT2D eigenvalue weighted by Gasteiger charge is -2.25. The second kappa shape index (κ2) is 8.82. The highest BCUT2D eigenvalue weighted by molar-refractivity contribution is 5.96. The van der Waals surface area contributed by atoms with Crippen molar-refractivity contribution in [2.24, 2.45) is 0 Å². The number of benzene rings is 2. The van der Waals surface area contributed by atoms with Gasteiger partial charge in [-0.2, -0.15) is 5.26 Å². The highest BCUT2D eigenvalue weighted by Crippen LogP contribution is 2.19. The lowest BCUT2D eigenvalue weighted by atomic mass is 10.2. The van der Waals surface area contributed by atoms with Crippen LogP contribution in [0.25, 0.3) is 0 Å². The lowest BCUT2D eigenvalue weighted by Crippen LogP contribution is -2.36. The van der Waals surface area contributed by atoms with Gasteiger partial charge in [0.1, 0.15) is 0 Å². The van der Waals surface area contributed by atoms with E-state index in [-0.39, 0.29) is 24.8 Å². The summed E-state index contributed by atoms with van der Waals surface area (Å²) in [7, 11) is 0. The van der Waals surface area contributed by atoms with E-state index in [2.05, 4.69) is 6.07 Å². The van der Waals surface area contributed by atoms with Crippen LogP contribution in [0.2, 0.25) is 0 Å². The van der Waals surface area contributed by atoms with E-state index < -0.39 is 0 Å². The van der Waals surface area contributed by atoms with Crippen molar-refractivity contribution in [3.05, 3.63) is 59.7 Å². The molecule has 0 spiro atoms. The molecule has 0 N–H and O–H groups in total. The van der Waals surface area contributed by atoms with Crippen molar-refractivity contribution in [3.8, 4) is 6.07 Å². The number of rotatable bonds is 6. The summed E-state index contributed by atoms with van der Waals surface area (Å²) in [6.45, 7) is 6.21. The maximum absolute atomic E-state index is 12.7. The van der Waals surface area contributed by atoms with Gasteiger partial charge >= 0.3 is 0 Å². The average Bonchev–Trinajstić information content (AvgIpc) is 2.62. The third kappa shape index (κ3) is 4.70. The highest BCUT2D eigenvalue weighted by atomic mass is 16.2. The van der Waals surface area contributed by atoms with E-state index in [1.165, 1.54) is 11.8 Å². The zero-order valence-electron chi connectivity index (χ0n) is 15.4. The van der Waals surface area contributed by atoms with Crippen molar-refractivity contribution in [1.29, 1.82) is 5.26 Å². The molecule has 2 aromatic carbocycles. The van der Waals surface area contributed by atoms with E-state index in [0.717, 1.165) is 11.3 Å². The smallest absolute Gasteiger partial charge is 0.228 e. The van der Waals surface area contributed by atoms with Crippen LogP contribution >= 0.6 is 0 Å². The Kier molecular flexibility index (Phi) is 6.51. The topological polar surface area (TPSA) is 64.4 Å². The zero-order valence-corrected chi connectivity index (χ0v) is 15.4. The van der Waals surface area contributed by atoms with Crippen molar-refractivity contribution < 1.29 is 9.59 Å². The van der Waals surface area contributed by atoms with Gasteiger partial charge in [0.05, 0.1) is 11.6 Å². The number of hydrogen-bond acceptors (Lipinski definition) is 3. The van der Waals surface area contributed by atoms with Crippen LogP contribution in [0.5, 0.6) is 0 Å². The number of anilines is 2. The monoisotopic (exact) mass is 349 g/mol. The first-order chi connectivity index (χ1) is 12.5. The molecule has 0 radical (unpaired) electrons. The van der Waals surface area contributed by atoms with Crippen LogP contribution in [-0.2, 0) is 9.59 Å². The average molecular weight is 349 g/mol. The molecule has 2 aromatic rings. The summed E-state index contributed by atoms with van der Waals surface area (Å²) >= 11 is 0. The molecule has 0 saturated carbocycles. The lowest BCUT2D eigenvalue weighted by molar-refractivity contribution is -0.118. The van der Waals surface area contributed by atoms with Crippen LogP contribution in [0, 0.1) is 18.3 Å². The molecule has 0 saturated heterocycles. The predicted molar refractivity (Wildman–Crippen MR) is 103 cm³/mol. The molecule has 0 aliphatic rings. The van der Waals surface area contributed by atoms with Crippen molar-refractivity contribution in [3.63, 3.8) is 0 Å². The number of carbonyl (C=O) groups is 2. The van der Waals surface area contributed by atoms with Crippen molar-refractivity contribution >= 4 is 23.2 Å². The molecule has 5 nitrogen and oxygen atoms in total. The molecule has 0 aromatic heterocycles. The second-order valence-corrected chi connectivity index (χ2v) is 6.06. The van der Waals surface area contributed by atoms with E-state index in [9.17, 15) is 9.59 Å². The summed E-state index contributed by atoms with van der Waals surface area (Å²) in [6, 6.07) is 16.7. The molecule has 5 heteroatoms. The number of carbonyl (C=O) groups excluding carboxylic acids is 2. The Balaban J connectivity index is 2.13. The molecule has 0 atom stereocenters. The quantitative estimate of drug-likeness (QED) is 0.799. The molecule has 2 amide bonds. The summed E-state index contributed by atoms with van der Waals surface area (Å²) < 4.78 is 0. The predicted octanol–water partition coefficient (Wildman–Crippen LogP) is 3.66.